The Balaban J connectivity index is 2.38. The number of benzene rings is 1. The smallest absolute Gasteiger partial charge is 0.372 e. The Bertz CT molecular complexity index is 793. The number of allylic oxidation sites excluding steroid dienone is 1. The van der Waals surface area contributed by atoms with Crippen molar-refractivity contribution in [3.05, 3.63) is 35.4 Å². The van der Waals surface area contributed by atoms with Crippen LogP contribution in [0.15, 0.2) is 24.3 Å². The van der Waals surface area contributed by atoms with Crippen LogP contribution in [0.1, 0.15) is 30.9 Å². The molecule has 160 valence electrons. The topological polar surface area (TPSA) is 47.8 Å². The van der Waals surface area contributed by atoms with Crippen LogP contribution in [-0.2, 0) is 16.0 Å². The van der Waals surface area contributed by atoms with Gasteiger partial charge >= 0.3 is 5.97 Å². The largest absolute Gasteiger partial charge is 0.493 e. The Kier molecular flexibility index (Phi) is 8.08. The number of esters is 1. The summed E-state index contributed by atoms with van der Waals surface area (Å²) in [6.45, 7) is 14.7. The summed E-state index contributed by atoms with van der Waals surface area (Å²) in [6, 6.07) is 5.23. The predicted molar refractivity (Wildman–Crippen MR) is 121 cm³/mol. The molecule has 1 aromatic carbocycles. The summed E-state index contributed by atoms with van der Waals surface area (Å²) >= 11 is 0. The highest BCUT2D eigenvalue weighted by atomic mass is 28.3. The molecule has 0 aliphatic carbocycles. The van der Waals surface area contributed by atoms with Crippen molar-refractivity contribution >= 4 is 19.8 Å². The van der Waals surface area contributed by atoms with E-state index in [1.54, 1.807) is 14.2 Å². The number of methoxy groups -OCH3 is 2. The van der Waals surface area contributed by atoms with E-state index >= 15 is 0 Å². The molecule has 0 amide bonds. The first kappa shape index (κ1) is 23.2. The quantitative estimate of drug-likeness (QED) is 0.246. The standard InChI is InChI=1S/C23H36NO4Si/c1-8-28-23(25)15-24-12-11-18-13-21(26-3)22(27-4)14-19(18)20(24)10-9-17(2)16-29(5,6)7/h13-14H,2,8-12,15-16H2,1,3-7H3/q+1. The van der Waals surface area contributed by atoms with Crippen LogP contribution in [0, 0.1) is 0 Å². The van der Waals surface area contributed by atoms with Crippen molar-refractivity contribution in [1.29, 1.82) is 0 Å². The molecule has 0 spiro atoms. The van der Waals surface area contributed by atoms with Gasteiger partial charge < -0.3 is 14.2 Å². The van der Waals surface area contributed by atoms with E-state index in [-0.39, 0.29) is 12.5 Å². The summed E-state index contributed by atoms with van der Waals surface area (Å²) in [5.41, 5.74) is 4.82. The molecule has 0 unspecified atom stereocenters. The van der Waals surface area contributed by atoms with Crippen molar-refractivity contribution < 1.29 is 23.6 Å². The Morgan fingerprint density at radius 2 is 1.83 bits per heavy atom. The average Bonchev–Trinajstić information content (AvgIpc) is 2.64. The second kappa shape index (κ2) is 10.1. The van der Waals surface area contributed by atoms with E-state index in [1.807, 2.05) is 13.0 Å². The zero-order valence-electron chi connectivity index (χ0n) is 18.9. The van der Waals surface area contributed by atoms with Crippen LogP contribution in [0.25, 0.3) is 0 Å². The van der Waals surface area contributed by atoms with Gasteiger partial charge in [-0.25, -0.2) is 9.37 Å². The van der Waals surface area contributed by atoms with Gasteiger partial charge in [0.1, 0.15) is 6.54 Å². The molecule has 0 N–H and O–H groups in total. The molecule has 2 rings (SSSR count). The van der Waals surface area contributed by atoms with E-state index in [4.69, 9.17) is 14.2 Å². The van der Waals surface area contributed by atoms with Gasteiger partial charge in [0, 0.05) is 26.5 Å². The van der Waals surface area contributed by atoms with Crippen molar-refractivity contribution in [2.45, 2.75) is 51.9 Å². The lowest BCUT2D eigenvalue weighted by Gasteiger charge is -2.22. The van der Waals surface area contributed by atoms with E-state index in [0.29, 0.717) is 12.4 Å². The third-order valence-corrected chi connectivity index (χ3v) is 6.63. The lowest BCUT2D eigenvalue weighted by Crippen LogP contribution is -2.34. The summed E-state index contributed by atoms with van der Waals surface area (Å²) in [5, 5.41) is 0. The molecule has 0 atom stereocenters. The van der Waals surface area contributed by atoms with Crippen LogP contribution < -0.4 is 9.47 Å². The maximum atomic E-state index is 12.2. The molecule has 29 heavy (non-hydrogen) atoms. The minimum Gasteiger partial charge on any atom is -0.493 e. The summed E-state index contributed by atoms with van der Waals surface area (Å²) in [6.07, 6.45) is 2.63. The van der Waals surface area contributed by atoms with E-state index in [1.165, 1.54) is 11.1 Å². The van der Waals surface area contributed by atoms with Crippen LogP contribution in [0.2, 0.25) is 25.7 Å². The average molecular weight is 419 g/mol. The van der Waals surface area contributed by atoms with Crippen molar-refractivity contribution in [2.75, 3.05) is 33.9 Å². The molecular formula is C23H36NO4Si+. The monoisotopic (exact) mass is 418 g/mol. The third kappa shape index (κ3) is 6.46. The van der Waals surface area contributed by atoms with Gasteiger partial charge in [-0.3, -0.25) is 0 Å². The number of carbonyl (C=O) groups is 1. The zero-order valence-corrected chi connectivity index (χ0v) is 19.9. The molecule has 0 aromatic heterocycles. The minimum absolute atomic E-state index is 0.185. The highest BCUT2D eigenvalue weighted by Gasteiger charge is 2.29. The Morgan fingerprint density at radius 1 is 1.17 bits per heavy atom. The lowest BCUT2D eigenvalue weighted by molar-refractivity contribution is -0.520. The van der Waals surface area contributed by atoms with Gasteiger partial charge in [-0.1, -0.05) is 25.2 Å². The Morgan fingerprint density at radius 3 is 2.41 bits per heavy atom. The summed E-state index contributed by atoms with van der Waals surface area (Å²) in [4.78, 5) is 12.2. The fourth-order valence-electron chi connectivity index (χ4n) is 3.92. The zero-order chi connectivity index (χ0) is 21.6. The normalized spacial score (nSPS) is 13.7. The molecular weight excluding hydrogens is 382 g/mol. The number of rotatable bonds is 10. The second-order valence-corrected chi connectivity index (χ2v) is 14.2. The maximum Gasteiger partial charge on any atom is 0.372 e. The van der Waals surface area contributed by atoms with E-state index < -0.39 is 8.07 Å². The van der Waals surface area contributed by atoms with Crippen molar-refractivity contribution in [3.63, 3.8) is 0 Å². The fraction of sp³-hybridized carbons (Fsp3) is 0.565. The molecule has 0 saturated carbocycles. The first-order valence-corrected chi connectivity index (χ1v) is 14.1. The third-order valence-electron chi connectivity index (χ3n) is 5.07. The van der Waals surface area contributed by atoms with Crippen LogP contribution >= 0.6 is 0 Å². The molecule has 0 bridgehead atoms. The highest BCUT2D eigenvalue weighted by molar-refractivity contribution is 6.76. The minimum atomic E-state index is -1.19. The van der Waals surface area contributed by atoms with Gasteiger partial charge in [-0.15, -0.1) is 6.58 Å². The molecule has 1 aromatic rings. The van der Waals surface area contributed by atoms with Crippen LogP contribution in [0.5, 0.6) is 11.5 Å². The Labute approximate surface area is 176 Å². The number of fused-ring (bicyclic) bond motifs is 1. The van der Waals surface area contributed by atoms with E-state index in [0.717, 1.165) is 48.9 Å². The second-order valence-electron chi connectivity index (χ2n) is 8.78. The van der Waals surface area contributed by atoms with E-state index in [2.05, 4.69) is 36.9 Å². The molecule has 1 aliphatic rings. The number of carbonyl (C=O) groups excluding carboxylic acids is 1. The van der Waals surface area contributed by atoms with Gasteiger partial charge in [-0.2, -0.15) is 0 Å². The van der Waals surface area contributed by atoms with Crippen molar-refractivity contribution in [1.82, 2.24) is 0 Å². The number of nitrogens with zero attached hydrogens (tertiary/aromatic N) is 1. The summed E-state index contributed by atoms with van der Waals surface area (Å²) < 4.78 is 18.4. The summed E-state index contributed by atoms with van der Waals surface area (Å²) in [7, 11) is 2.12. The molecule has 5 nitrogen and oxygen atoms in total. The fourth-order valence-corrected chi connectivity index (χ4v) is 5.60. The molecule has 6 heteroatoms. The van der Waals surface area contributed by atoms with Gasteiger partial charge in [0.2, 0.25) is 6.54 Å². The molecule has 1 heterocycles. The predicted octanol–water partition coefficient (Wildman–Crippen LogP) is 4.30. The number of ether oxygens (including phenoxy) is 3. The van der Waals surface area contributed by atoms with Gasteiger partial charge in [0.15, 0.2) is 17.2 Å². The summed E-state index contributed by atoms with van der Waals surface area (Å²) in [5.74, 6) is 1.27. The molecule has 1 aliphatic heterocycles. The van der Waals surface area contributed by atoms with Crippen LogP contribution in [0.4, 0.5) is 0 Å². The SMILES string of the molecule is C=C(CCC1=[N+](CC(=O)OCC)CCc2cc(OC)c(OC)cc21)C[Si](C)(C)C. The number of hydrogen-bond donors (Lipinski definition) is 0. The van der Waals surface area contributed by atoms with Gasteiger partial charge in [0.05, 0.1) is 20.8 Å². The number of hydrogen-bond acceptors (Lipinski definition) is 4. The maximum absolute atomic E-state index is 12.2. The van der Waals surface area contributed by atoms with Crippen LogP contribution in [-0.4, -0.2) is 58.2 Å². The lowest BCUT2D eigenvalue weighted by atomic mass is 9.92. The Hall–Kier alpha value is -2.08. The van der Waals surface area contributed by atoms with Crippen LogP contribution in [0.3, 0.4) is 0 Å². The van der Waals surface area contributed by atoms with E-state index in [9.17, 15) is 4.79 Å². The van der Waals surface area contributed by atoms with Gasteiger partial charge in [0.25, 0.3) is 0 Å². The molecule has 0 radical (unpaired) electrons. The molecule has 0 fully saturated rings. The van der Waals surface area contributed by atoms with Crippen molar-refractivity contribution in [2.24, 2.45) is 0 Å². The van der Waals surface area contributed by atoms with Gasteiger partial charge in [-0.05, 0) is 37.1 Å². The first-order valence-electron chi connectivity index (χ1n) is 10.4. The molecule has 0 saturated heterocycles. The van der Waals surface area contributed by atoms with Crippen molar-refractivity contribution in [3.8, 4) is 11.5 Å². The highest BCUT2D eigenvalue weighted by Crippen LogP contribution is 2.33. The first-order chi connectivity index (χ1) is 13.7.